The zero-order valence-corrected chi connectivity index (χ0v) is 11.4. The monoisotopic (exact) mass is 270 g/mol. The van der Waals surface area contributed by atoms with E-state index >= 15 is 0 Å². The number of ketones is 2. The first kappa shape index (κ1) is 12.7. The summed E-state index contributed by atoms with van der Waals surface area (Å²) in [4.78, 5) is 24.0. The Bertz CT molecular complexity index is 680. The van der Waals surface area contributed by atoms with Crippen LogP contribution in [0.15, 0.2) is 29.9 Å². The van der Waals surface area contributed by atoms with E-state index in [-0.39, 0.29) is 11.6 Å². The topological polar surface area (TPSA) is 52.6 Å². The minimum atomic E-state index is -0.118. The molecule has 0 N–H and O–H groups in total. The molecule has 0 atom stereocenters. The van der Waals surface area contributed by atoms with E-state index in [0.717, 1.165) is 11.1 Å². The number of fused-ring (bicyclic) bond motifs is 2. The predicted octanol–water partition coefficient (Wildman–Crippen LogP) is 2.11. The van der Waals surface area contributed by atoms with Crippen molar-refractivity contribution >= 4 is 17.1 Å². The molecule has 0 aromatic heterocycles. The lowest BCUT2D eigenvalue weighted by atomic mass is 9.79. The number of hydrogen-bond donors (Lipinski definition) is 0. The quantitative estimate of drug-likeness (QED) is 0.772. The van der Waals surface area contributed by atoms with Crippen LogP contribution in [-0.2, 0) is 16.0 Å². The van der Waals surface area contributed by atoms with Gasteiger partial charge in [0.05, 0.1) is 14.2 Å². The molecule has 0 fully saturated rings. The fraction of sp³-hybridized carbons (Fsp3) is 0.250. The second-order valence-corrected chi connectivity index (χ2v) is 4.74. The van der Waals surface area contributed by atoms with Gasteiger partial charge in [-0.1, -0.05) is 0 Å². The summed E-state index contributed by atoms with van der Waals surface area (Å²) in [6.07, 6.45) is 3.92. The number of carbonyl (C=O) groups is 2. The number of carbonyl (C=O) groups excluding carboxylic acids is 2. The first-order valence-corrected chi connectivity index (χ1v) is 6.41. The molecule has 20 heavy (non-hydrogen) atoms. The van der Waals surface area contributed by atoms with E-state index in [0.29, 0.717) is 35.5 Å². The van der Waals surface area contributed by atoms with E-state index in [1.165, 1.54) is 12.2 Å². The molecule has 4 heteroatoms. The fourth-order valence-electron chi connectivity index (χ4n) is 2.87. The second kappa shape index (κ2) is 4.63. The summed E-state index contributed by atoms with van der Waals surface area (Å²) in [6, 6.07) is 3.60. The molecule has 3 rings (SSSR count). The number of ether oxygens (including phenoxy) is 2. The molecule has 0 saturated carbocycles. The van der Waals surface area contributed by atoms with E-state index in [1.807, 2.05) is 6.07 Å². The van der Waals surface area contributed by atoms with Crippen LogP contribution in [0.25, 0.3) is 5.57 Å². The second-order valence-electron chi connectivity index (χ2n) is 4.74. The molecule has 0 bridgehead atoms. The Morgan fingerprint density at radius 2 is 1.70 bits per heavy atom. The summed E-state index contributed by atoms with van der Waals surface area (Å²) in [6.45, 7) is 0. The highest BCUT2D eigenvalue weighted by Gasteiger charge is 2.31. The molecule has 1 aromatic carbocycles. The van der Waals surface area contributed by atoms with Crippen molar-refractivity contribution in [3.8, 4) is 11.5 Å². The number of methoxy groups -OCH3 is 2. The molecule has 1 aromatic rings. The van der Waals surface area contributed by atoms with Gasteiger partial charge in [0.25, 0.3) is 0 Å². The van der Waals surface area contributed by atoms with Crippen molar-refractivity contribution in [3.05, 3.63) is 41.0 Å². The average Bonchev–Trinajstić information content (AvgIpc) is 2.48. The van der Waals surface area contributed by atoms with Gasteiger partial charge in [-0.05, 0) is 42.7 Å². The number of rotatable bonds is 2. The SMILES string of the molecule is COc1ccc2c(c1OC)CCC1=C2C(=O)C=CC1=O. The van der Waals surface area contributed by atoms with E-state index in [4.69, 9.17) is 9.47 Å². The highest BCUT2D eigenvalue weighted by atomic mass is 16.5. The van der Waals surface area contributed by atoms with Crippen molar-refractivity contribution in [2.45, 2.75) is 12.8 Å². The first-order valence-electron chi connectivity index (χ1n) is 6.41. The molecule has 0 aliphatic heterocycles. The molecule has 0 spiro atoms. The van der Waals surface area contributed by atoms with Crippen LogP contribution >= 0.6 is 0 Å². The van der Waals surface area contributed by atoms with Crippen molar-refractivity contribution in [1.29, 1.82) is 0 Å². The van der Waals surface area contributed by atoms with Gasteiger partial charge in [-0.25, -0.2) is 0 Å². The van der Waals surface area contributed by atoms with Gasteiger partial charge in [-0.3, -0.25) is 9.59 Å². The molecule has 2 aliphatic carbocycles. The van der Waals surface area contributed by atoms with E-state index in [2.05, 4.69) is 0 Å². The summed E-state index contributed by atoms with van der Waals surface area (Å²) in [7, 11) is 3.16. The van der Waals surface area contributed by atoms with Crippen molar-refractivity contribution < 1.29 is 19.1 Å². The number of allylic oxidation sites excluding steroid dienone is 4. The van der Waals surface area contributed by atoms with Crippen LogP contribution in [0.5, 0.6) is 11.5 Å². The van der Waals surface area contributed by atoms with Gasteiger partial charge in [0.1, 0.15) is 0 Å². The van der Waals surface area contributed by atoms with Crippen molar-refractivity contribution in [3.63, 3.8) is 0 Å². The van der Waals surface area contributed by atoms with Gasteiger partial charge < -0.3 is 9.47 Å². The van der Waals surface area contributed by atoms with Crippen LogP contribution in [-0.4, -0.2) is 25.8 Å². The third-order valence-electron chi connectivity index (χ3n) is 3.77. The zero-order valence-electron chi connectivity index (χ0n) is 11.4. The van der Waals surface area contributed by atoms with E-state index < -0.39 is 0 Å². The molecule has 102 valence electrons. The summed E-state index contributed by atoms with van der Waals surface area (Å²) in [5.41, 5.74) is 2.84. The van der Waals surface area contributed by atoms with Crippen LogP contribution < -0.4 is 9.47 Å². The van der Waals surface area contributed by atoms with Gasteiger partial charge >= 0.3 is 0 Å². The Morgan fingerprint density at radius 3 is 2.40 bits per heavy atom. The summed E-state index contributed by atoms with van der Waals surface area (Å²) >= 11 is 0. The van der Waals surface area contributed by atoms with Gasteiger partial charge in [-0.15, -0.1) is 0 Å². The number of hydrogen-bond acceptors (Lipinski definition) is 4. The van der Waals surface area contributed by atoms with Crippen LogP contribution in [0.1, 0.15) is 17.5 Å². The number of benzene rings is 1. The van der Waals surface area contributed by atoms with Crippen LogP contribution in [0.2, 0.25) is 0 Å². The first-order chi connectivity index (χ1) is 9.67. The largest absolute Gasteiger partial charge is 0.493 e. The molecule has 0 amide bonds. The summed E-state index contributed by atoms with van der Waals surface area (Å²) in [5.74, 6) is 1.10. The van der Waals surface area contributed by atoms with E-state index in [9.17, 15) is 9.59 Å². The maximum atomic E-state index is 12.1. The Balaban J connectivity index is 2.25. The van der Waals surface area contributed by atoms with Crippen LogP contribution in [0.3, 0.4) is 0 Å². The Kier molecular flexibility index (Phi) is 2.93. The van der Waals surface area contributed by atoms with Crippen molar-refractivity contribution in [2.24, 2.45) is 0 Å². The zero-order chi connectivity index (χ0) is 14.3. The molecule has 4 nitrogen and oxygen atoms in total. The minimum absolute atomic E-state index is 0.0694. The smallest absolute Gasteiger partial charge is 0.187 e. The van der Waals surface area contributed by atoms with Crippen molar-refractivity contribution in [1.82, 2.24) is 0 Å². The molecule has 2 aliphatic rings. The fourth-order valence-corrected chi connectivity index (χ4v) is 2.87. The van der Waals surface area contributed by atoms with Crippen LogP contribution in [0, 0.1) is 0 Å². The Hall–Kier alpha value is -2.36. The molecular weight excluding hydrogens is 256 g/mol. The van der Waals surface area contributed by atoms with Gasteiger partial charge in [0, 0.05) is 16.7 Å². The highest BCUT2D eigenvalue weighted by Crippen LogP contribution is 2.42. The summed E-state index contributed by atoms with van der Waals surface area (Å²) < 4.78 is 10.7. The highest BCUT2D eigenvalue weighted by molar-refractivity contribution is 6.36. The average molecular weight is 270 g/mol. The summed E-state index contributed by atoms with van der Waals surface area (Å²) in [5, 5.41) is 0. The molecule has 0 saturated heterocycles. The normalized spacial score (nSPS) is 16.9. The lowest BCUT2D eigenvalue weighted by Gasteiger charge is -2.25. The third-order valence-corrected chi connectivity index (χ3v) is 3.77. The van der Waals surface area contributed by atoms with Gasteiger partial charge in [-0.2, -0.15) is 0 Å². The maximum Gasteiger partial charge on any atom is 0.187 e. The molecule has 0 unspecified atom stereocenters. The van der Waals surface area contributed by atoms with Crippen LogP contribution in [0.4, 0.5) is 0 Å². The Labute approximate surface area is 116 Å². The minimum Gasteiger partial charge on any atom is -0.493 e. The predicted molar refractivity (Wildman–Crippen MR) is 73.9 cm³/mol. The Morgan fingerprint density at radius 1 is 0.950 bits per heavy atom. The molecule has 0 radical (unpaired) electrons. The van der Waals surface area contributed by atoms with E-state index in [1.54, 1.807) is 20.3 Å². The van der Waals surface area contributed by atoms with Crippen molar-refractivity contribution in [2.75, 3.05) is 14.2 Å². The standard InChI is InChI=1S/C16H14O4/c1-19-14-8-5-9-10(16(14)20-2)3-4-11-12(17)6-7-13(18)15(9)11/h5-8H,3-4H2,1-2H3. The third kappa shape index (κ3) is 1.68. The molecular formula is C16H14O4. The van der Waals surface area contributed by atoms with Gasteiger partial charge in [0.2, 0.25) is 0 Å². The molecule has 0 heterocycles. The maximum absolute atomic E-state index is 12.1. The van der Waals surface area contributed by atoms with Gasteiger partial charge in [0.15, 0.2) is 23.1 Å². The lowest BCUT2D eigenvalue weighted by molar-refractivity contribution is -0.114. The lowest BCUT2D eigenvalue weighted by Crippen LogP contribution is -2.19.